The van der Waals surface area contributed by atoms with E-state index in [-0.39, 0.29) is 11.5 Å². The minimum absolute atomic E-state index is 0.182. The number of carbonyl (C=O) groups is 1. The van der Waals surface area contributed by atoms with E-state index in [1.54, 1.807) is 30.0 Å². The largest absolute Gasteiger partial charge is 0.508 e. The maximum atomic E-state index is 12.0. The van der Waals surface area contributed by atoms with Gasteiger partial charge in [-0.1, -0.05) is 29.3 Å². The molecule has 3 rings (SSSR count). The summed E-state index contributed by atoms with van der Waals surface area (Å²) in [5.74, 6) is 1.90. The number of rotatable bonds is 4. The number of fused-ring (bicyclic) bond motifs is 1. The van der Waals surface area contributed by atoms with Gasteiger partial charge in [0.2, 0.25) is 0 Å². The lowest BCUT2D eigenvalue weighted by Gasteiger charge is -2.19. The van der Waals surface area contributed by atoms with Gasteiger partial charge < -0.3 is 5.11 Å². The van der Waals surface area contributed by atoms with Crippen LogP contribution in [-0.4, -0.2) is 10.9 Å². The van der Waals surface area contributed by atoms with Crippen molar-refractivity contribution in [3.8, 4) is 5.75 Å². The number of thioether (sulfide) groups is 1. The van der Waals surface area contributed by atoms with Crippen LogP contribution in [0, 0.1) is 0 Å². The Morgan fingerprint density at radius 2 is 1.87 bits per heavy atom. The number of phenols is 1. The molecule has 2 nitrogen and oxygen atoms in total. The van der Waals surface area contributed by atoms with E-state index in [0.29, 0.717) is 22.2 Å². The van der Waals surface area contributed by atoms with E-state index in [0.717, 1.165) is 40.8 Å². The molecule has 1 aliphatic carbocycles. The summed E-state index contributed by atoms with van der Waals surface area (Å²) in [6, 6.07) is 8.99. The minimum atomic E-state index is 0.182. The average molecular weight is 367 g/mol. The van der Waals surface area contributed by atoms with Crippen molar-refractivity contribution in [3.63, 3.8) is 0 Å². The summed E-state index contributed by atoms with van der Waals surface area (Å²) in [6.07, 6.45) is 2.32. The zero-order valence-corrected chi connectivity index (χ0v) is 14.8. The number of hydrogen-bond acceptors (Lipinski definition) is 3. The third-order valence-corrected chi connectivity index (χ3v) is 5.81. The summed E-state index contributed by atoms with van der Waals surface area (Å²) >= 11 is 13.6. The van der Waals surface area contributed by atoms with Crippen molar-refractivity contribution in [1.29, 1.82) is 0 Å². The van der Waals surface area contributed by atoms with E-state index < -0.39 is 0 Å². The molecule has 0 unspecified atom stereocenters. The Morgan fingerprint density at radius 1 is 1.04 bits per heavy atom. The molecule has 1 N–H and O–H groups in total. The van der Waals surface area contributed by atoms with Gasteiger partial charge in [-0.2, -0.15) is 11.8 Å². The Hall–Kier alpha value is -1.16. The molecule has 2 aromatic carbocycles. The first-order valence-electron chi connectivity index (χ1n) is 7.45. The van der Waals surface area contributed by atoms with Gasteiger partial charge in [-0.05, 0) is 48.2 Å². The number of aromatic hydroxyl groups is 1. The third-order valence-electron chi connectivity index (χ3n) is 4.04. The highest BCUT2D eigenvalue weighted by Gasteiger charge is 2.21. The van der Waals surface area contributed by atoms with E-state index in [4.69, 9.17) is 23.2 Å². The second kappa shape index (κ2) is 7.16. The Kier molecular flexibility index (Phi) is 5.20. The number of carbonyl (C=O) groups excluding carboxylic acids is 1. The van der Waals surface area contributed by atoms with Crippen LogP contribution in [0.25, 0.3) is 0 Å². The predicted molar refractivity (Wildman–Crippen MR) is 96.8 cm³/mol. The first kappa shape index (κ1) is 16.7. The standard InChI is InChI=1S/C18H16Cl2O2S/c19-15-6-4-11(8-16(15)20)9-23-10-14-12-2-1-3-17(21)13(12)5-7-18(14)22/h4-8,22H,1-3,9-10H2. The highest BCUT2D eigenvalue weighted by molar-refractivity contribution is 7.97. The lowest BCUT2D eigenvalue weighted by atomic mass is 9.87. The fourth-order valence-electron chi connectivity index (χ4n) is 2.85. The highest BCUT2D eigenvalue weighted by atomic mass is 35.5. The second-order valence-corrected chi connectivity index (χ2v) is 7.41. The van der Waals surface area contributed by atoms with Gasteiger partial charge in [0.15, 0.2) is 5.78 Å². The average Bonchev–Trinajstić information content (AvgIpc) is 2.53. The van der Waals surface area contributed by atoms with Crippen LogP contribution in [-0.2, 0) is 17.9 Å². The summed E-state index contributed by atoms with van der Waals surface area (Å²) in [5, 5.41) is 11.3. The molecule has 0 amide bonds. The molecule has 2 aromatic rings. The predicted octanol–water partition coefficient (Wildman–Crippen LogP) is 5.65. The molecule has 0 atom stereocenters. The summed E-state index contributed by atoms with van der Waals surface area (Å²) < 4.78 is 0. The molecular formula is C18H16Cl2O2S. The zero-order chi connectivity index (χ0) is 16.4. The summed E-state index contributed by atoms with van der Waals surface area (Å²) in [4.78, 5) is 12.0. The molecule has 0 radical (unpaired) electrons. The van der Waals surface area contributed by atoms with Crippen molar-refractivity contribution in [1.82, 2.24) is 0 Å². The Balaban J connectivity index is 1.74. The zero-order valence-electron chi connectivity index (χ0n) is 12.4. The SMILES string of the molecule is O=C1CCCc2c1ccc(O)c2CSCc1ccc(Cl)c(Cl)c1. The Morgan fingerprint density at radius 3 is 2.65 bits per heavy atom. The fraction of sp³-hybridized carbons (Fsp3) is 0.278. The van der Waals surface area contributed by atoms with Gasteiger partial charge in [-0.25, -0.2) is 0 Å². The molecule has 0 saturated carbocycles. The first-order valence-corrected chi connectivity index (χ1v) is 9.36. The van der Waals surface area contributed by atoms with Crippen LogP contribution in [0.3, 0.4) is 0 Å². The lowest BCUT2D eigenvalue weighted by molar-refractivity contribution is 0.0972. The Bertz CT molecular complexity index is 759. The summed E-state index contributed by atoms with van der Waals surface area (Å²) in [7, 11) is 0. The van der Waals surface area contributed by atoms with Crippen LogP contribution in [0.4, 0.5) is 0 Å². The maximum absolute atomic E-state index is 12.0. The number of phenolic OH excluding ortho intramolecular Hbond substituents is 1. The van der Waals surface area contributed by atoms with Crippen LogP contribution in [0.5, 0.6) is 5.75 Å². The summed E-state index contributed by atoms with van der Waals surface area (Å²) in [5.41, 5.74) is 3.77. The first-order chi connectivity index (χ1) is 11.1. The van der Waals surface area contributed by atoms with Gasteiger partial charge in [0, 0.05) is 29.1 Å². The van der Waals surface area contributed by atoms with Crippen molar-refractivity contribution >= 4 is 40.7 Å². The lowest BCUT2D eigenvalue weighted by Crippen LogP contribution is -2.12. The number of hydrogen-bond donors (Lipinski definition) is 1. The molecule has 1 aliphatic rings. The van der Waals surface area contributed by atoms with Crippen molar-refractivity contribution in [2.75, 3.05) is 0 Å². The van der Waals surface area contributed by atoms with Gasteiger partial charge in [-0.15, -0.1) is 0 Å². The molecular weight excluding hydrogens is 351 g/mol. The van der Waals surface area contributed by atoms with Gasteiger partial charge in [0.05, 0.1) is 10.0 Å². The minimum Gasteiger partial charge on any atom is -0.508 e. The van der Waals surface area contributed by atoms with Crippen LogP contribution in [0.15, 0.2) is 30.3 Å². The number of benzene rings is 2. The molecule has 5 heteroatoms. The van der Waals surface area contributed by atoms with Gasteiger partial charge in [-0.3, -0.25) is 4.79 Å². The molecule has 0 fully saturated rings. The van der Waals surface area contributed by atoms with E-state index in [9.17, 15) is 9.90 Å². The smallest absolute Gasteiger partial charge is 0.163 e. The van der Waals surface area contributed by atoms with E-state index in [1.807, 2.05) is 12.1 Å². The number of Topliss-reactive ketones (excluding diaryl/α,β-unsaturated/α-hetero) is 1. The quantitative estimate of drug-likeness (QED) is 0.759. The van der Waals surface area contributed by atoms with Gasteiger partial charge >= 0.3 is 0 Å². The molecule has 0 aliphatic heterocycles. The van der Waals surface area contributed by atoms with Crippen molar-refractivity contribution in [2.45, 2.75) is 30.8 Å². The highest BCUT2D eigenvalue weighted by Crippen LogP contribution is 2.34. The third kappa shape index (κ3) is 3.68. The van der Waals surface area contributed by atoms with Gasteiger partial charge in [0.25, 0.3) is 0 Å². The van der Waals surface area contributed by atoms with Crippen molar-refractivity contribution in [2.24, 2.45) is 0 Å². The van der Waals surface area contributed by atoms with E-state index >= 15 is 0 Å². The fourth-order valence-corrected chi connectivity index (χ4v) is 4.21. The normalized spacial score (nSPS) is 13.9. The molecule has 0 aromatic heterocycles. The Labute approximate surface area is 149 Å². The van der Waals surface area contributed by atoms with E-state index in [1.165, 1.54) is 0 Å². The van der Waals surface area contributed by atoms with Crippen LogP contribution in [0.1, 0.15) is 39.9 Å². The maximum Gasteiger partial charge on any atom is 0.163 e. The topological polar surface area (TPSA) is 37.3 Å². The summed E-state index contributed by atoms with van der Waals surface area (Å²) in [6.45, 7) is 0. The monoisotopic (exact) mass is 366 g/mol. The number of ketones is 1. The molecule has 120 valence electrons. The molecule has 23 heavy (non-hydrogen) atoms. The van der Waals surface area contributed by atoms with E-state index in [2.05, 4.69) is 0 Å². The molecule has 0 heterocycles. The molecule has 0 spiro atoms. The molecule has 0 bridgehead atoms. The van der Waals surface area contributed by atoms with Crippen molar-refractivity contribution in [3.05, 3.63) is 62.6 Å². The van der Waals surface area contributed by atoms with Gasteiger partial charge in [0.1, 0.15) is 5.75 Å². The second-order valence-electron chi connectivity index (χ2n) is 5.61. The van der Waals surface area contributed by atoms with Crippen LogP contribution in [0.2, 0.25) is 10.0 Å². The van der Waals surface area contributed by atoms with Crippen LogP contribution < -0.4 is 0 Å². The van der Waals surface area contributed by atoms with Crippen LogP contribution >= 0.6 is 35.0 Å². The number of halogens is 2. The van der Waals surface area contributed by atoms with Crippen molar-refractivity contribution < 1.29 is 9.90 Å². The molecule has 0 saturated heterocycles.